The Kier molecular flexibility index (Phi) is 2.74. The van der Waals surface area contributed by atoms with Crippen LogP contribution in [0.3, 0.4) is 0 Å². The predicted molar refractivity (Wildman–Crippen MR) is 64.0 cm³/mol. The first-order valence-corrected chi connectivity index (χ1v) is 5.02. The number of rotatable bonds is 3. The molecule has 1 aliphatic heterocycles. The van der Waals surface area contributed by atoms with Crippen LogP contribution in [0.5, 0.6) is 0 Å². The van der Waals surface area contributed by atoms with E-state index in [9.17, 15) is 14.9 Å². The molecule has 1 aliphatic rings. The second-order valence-corrected chi connectivity index (χ2v) is 3.55. The first kappa shape index (κ1) is 11.1. The van der Waals surface area contributed by atoms with E-state index in [-0.39, 0.29) is 11.5 Å². The van der Waals surface area contributed by atoms with Gasteiger partial charge in [-0.05, 0) is 6.07 Å². The van der Waals surface area contributed by atoms with Crippen LogP contribution in [0.15, 0.2) is 43.1 Å². The lowest BCUT2D eigenvalue weighted by Gasteiger charge is -2.13. The number of para-hydroxylation sites is 1. The smallest absolute Gasteiger partial charge is 0.265 e. The fourth-order valence-electron chi connectivity index (χ4n) is 1.85. The van der Waals surface area contributed by atoms with Crippen molar-refractivity contribution in [2.24, 2.45) is 0 Å². The second-order valence-electron chi connectivity index (χ2n) is 3.55. The van der Waals surface area contributed by atoms with Crippen molar-refractivity contribution in [1.29, 1.82) is 0 Å². The third kappa shape index (κ3) is 1.82. The molecule has 0 spiro atoms. The van der Waals surface area contributed by atoms with E-state index >= 15 is 0 Å². The summed E-state index contributed by atoms with van der Waals surface area (Å²) in [4.78, 5) is 23.4. The lowest BCUT2D eigenvalue weighted by Crippen LogP contribution is -2.26. The molecule has 1 aromatic rings. The van der Waals surface area contributed by atoms with Gasteiger partial charge in [-0.15, -0.1) is 6.58 Å². The lowest BCUT2D eigenvalue weighted by molar-refractivity contribution is -0.401. The first-order chi connectivity index (χ1) is 8.15. The Morgan fingerprint density at radius 1 is 1.41 bits per heavy atom. The van der Waals surface area contributed by atoms with Crippen LogP contribution < -0.4 is 4.90 Å². The van der Waals surface area contributed by atoms with Gasteiger partial charge in [0.05, 0.1) is 10.6 Å². The average molecular weight is 230 g/mol. The number of nitrogens with zero attached hydrogens (tertiary/aromatic N) is 2. The number of hydrogen-bond acceptors (Lipinski definition) is 3. The number of carbonyl (C=O) groups is 1. The van der Waals surface area contributed by atoms with E-state index < -0.39 is 4.92 Å². The van der Waals surface area contributed by atoms with Gasteiger partial charge in [0, 0.05) is 12.1 Å². The number of benzene rings is 1. The molecule has 0 fully saturated rings. The largest absolute Gasteiger partial charge is 0.304 e. The van der Waals surface area contributed by atoms with Crippen molar-refractivity contribution in [2.45, 2.75) is 0 Å². The Hall–Kier alpha value is -2.43. The second kappa shape index (κ2) is 4.21. The van der Waals surface area contributed by atoms with Gasteiger partial charge in [-0.2, -0.15) is 0 Å². The van der Waals surface area contributed by atoms with E-state index in [1.165, 1.54) is 4.90 Å². The van der Waals surface area contributed by atoms with Crippen molar-refractivity contribution in [3.8, 4) is 0 Å². The molecular formula is C12H10N2O3. The van der Waals surface area contributed by atoms with E-state index in [2.05, 4.69) is 6.58 Å². The van der Waals surface area contributed by atoms with Crippen molar-refractivity contribution in [1.82, 2.24) is 0 Å². The van der Waals surface area contributed by atoms with Crippen molar-refractivity contribution >= 4 is 17.2 Å². The molecule has 0 aliphatic carbocycles. The SMILES string of the molecule is C=CCN1C(=O)/C(=C/[N+](=O)[O-])c2ccccc21. The highest BCUT2D eigenvalue weighted by Crippen LogP contribution is 2.36. The third-order valence-electron chi connectivity index (χ3n) is 2.51. The Morgan fingerprint density at radius 2 is 2.12 bits per heavy atom. The molecule has 0 radical (unpaired) electrons. The lowest BCUT2D eigenvalue weighted by atomic mass is 10.1. The molecule has 1 amide bonds. The Balaban J connectivity index is 2.56. The highest BCUT2D eigenvalue weighted by atomic mass is 16.6. The molecule has 0 atom stereocenters. The Morgan fingerprint density at radius 3 is 2.76 bits per heavy atom. The average Bonchev–Trinajstić information content (AvgIpc) is 2.55. The monoisotopic (exact) mass is 230 g/mol. The molecule has 1 aromatic carbocycles. The number of carbonyl (C=O) groups excluding carboxylic acids is 1. The molecule has 17 heavy (non-hydrogen) atoms. The summed E-state index contributed by atoms with van der Waals surface area (Å²) >= 11 is 0. The number of fused-ring (bicyclic) bond motifs is 1. The highest BCUT2D eigenvalue weighted by molar-refractivity contribution is 6.32. The van der Waals surface area contributed by atoms with Crippen molar-refractivity contribution in [2.75, 3.05) is 11.4 Å². The maximum Gasteiger partial charge on any atom is 0.265 e. The van der Waals surface area contributed by atoms with Gasteiger partial charge < -0.3 is 4.90 Å². The summed E-state index contributed by atoms with van der Waals surface area (Å²) in [6.07, 6.45) is 2.34. The maximum atomic E-state index is 12.0. The first-order valence-electron chi connectivity index (χ1n) is 5.02. The summed E-state index contributed by atoms with van der Waals surface area (Å²) in [6.45, 7) is 3.91. The molecule has 5 heteroatoms. The van der Waals surface area contributed by atoms with E-state index in [0.29, 0.717) is 17.8 Å². The van der Waals surface area contributed by atoms with E-state index in [4.69, 9.17) is 0 Å². The minimum atomic E-state index is -0.610. The summed E-state index contributed by atoms with van der Waals surface area (Å²) < 4.78 is 0. The summed E-state index contributed by atoms with van der Waals surface area (Å²) in [5.41, 5.74) is 1.40. The van der Waals surface area contributed by atoms with E-state index in [1.54, 1.807) is 30.3 Å². The Labute approximate surface area is 97.8 Å². The fraction of sp³-hybridized carbons (Fsp3) is 0.0833. The van der Waals surface area contributed by atoms with Gasteiger partial charge in [0.15, 0.2) is 0 Å². The Bertz CT molecular complexity index is 534. The van der Waals surface area contributed by atoms with Gasteiger partial charge >= 0.3 is 0 Å². The van der Waals surface area contributed by atoms with Crippen LogP contribution in [0.25, 0.3) is 5.57 Å². The standard InChI is InChI=1S/C12H10N2O3/c1-2-7-13-11-6-4-3-5-9(11)10(12(13)15)8-14(16)17/h2-6,8H,1,7H2/b10-8+. The van der Waals surface area contributed by atoms with Crippen LogP contribution in [0.1, 0.15) is 5.56 Å². The highest BCUT2D eigenvalue weighted by Gasteiger charge is 2.33. The quantitative estimate of drug-likeness (QED) is 0.344. The number of amides is 1. The minimum absolute atomic E-state index is 0.118. The zero-order valence-electron chi connectivity index (χ0n) is 9.00. The van der Waals surface area contributed by atoms with Crippen LogP contribution in [-0.2, 0) is 4.79 Å². The topological polar surface area (TPSA) is 63.5 Å². The molecular weight excluding hydrogens is 220 g/mol. The summed E-state index contributed by atoms with van der Waals surface area (Å²) in [5, 5.41) is 10.5. The molecule has 0 aromatic heterocycles. The summed E-state index contributed by atoms with van der Waals surface area (Å²) in [6, 6.07) is 7.00. The molecule has 2 rings (SSSR count). The van der Waals surface area contributed by atoms with Gasteiger partial charge in [0.2, 0.25) is 6.20 Å². The van der Waals surface area contributed by atoms with Crippen LogP contribution in [-0.4, -0.2) is 17.4 Å². The van der Waals surface area contributed by atoms with E-state index in [0.717, 1.165) is 6.20 Å². The molecule has 5 nitrogen and oxygen atoms in total. The molecule has 0 saturated heterocycles. The van der Waals surface area contributed by atoms with Gasteiger partial charge in [0.25, 0.3) is 5.91 Å². The van der Waals surface area contributed by atoms with Crippen LogP contribution in [0.4, 0.5) is 5.69 Å². The zero-order valence-corrected chi connectivity index (χ0v) is 9.00. The number of nitro groups is 1. The number of anilines is 1. The molecule has 0 N–H and O–H groups in total. The van der Waals surface area contributed by atoms with Crippen LogP contribution >= 0.6 is 0 Å². The normalized spacial score (nSPS) is 16.1. The van der Waals surface area contributed by atoms with Gasteiger partial charge in [-0.1, -0.05) is 24.3 Å². The maximum absolute atomic E-state index is 12.0. The number of hydrogen-bond donors (Lipinski definition) is 0. The van der Waals surface area contributed by atoms with Gasteiger partial charge in [-0.25, -0.2) is 0 Å². The minimum Gasteiger partial charge on any atom is -0.304 e. The van der Waals surface area contributed by atoms with Crippen molar-refractivity contribution in [3.63, 3.8) is 0 Å². The van der Waals surface area contributed by atoms with Gasteiger partial charge in [-0.3, -0.25) is 14.9 Å². The molecule has 1 heterocycles. The summed E-state index contributed by atoms with van der Waals surface area (Å²) in [5.74, 6) is -0.359. The van der Waals surface area contributed by atoms with Crippen LogP contribution in [0.2, 0.25) is 0 Å². The molecule has 0 bridgehead atoms. The van der Waals surface area contributed by atoms with Gasteiger partial charge in [0.1, 0.15) is 5.57 Å². The van der Waals surface area contributed by atoms with Crippen LogP contribution in [0, 0.1) is 10.1 Å². The predicted octanol–water partition coefficient (Wildman–Crippen LogP) is 1.84. The molecule has 0 saturated carbocycles. The van der Waals surface area contributed by atoms with Crippen molar-refractivity contribution < 1.29 is 9.72 Å². The van der Waals surface area contributed by atoms with Crippen molar-refractivity contribution in [3.05, 3.63) is 58.8 Å². The van der Waals surface area contributed by atoms with E-state index in [1.807, 2.05) is 0 Å². The zero-order chi connectivity index (χ0) is 12.4. The molecule has 0 unspecified atom stereocenters. The molecule has 86 valence electrons. The third-order valence-corrected chi connectivity index (χ3v) is 2.51. The summed E-state index contributed by atoms with van der Waals surface area (Å²) in [7, 11) is 0. The fourth-order valence-corrected chi connectivity index (χ4v) is 1.85.